The lowest BCUT2D eigenvalue weighted by molar-refractivity contribution is -0.451. The van der Waals surface area contributed by atoms with Crippen LogP contribution in [0.25, 0.3) is 0 Å². The average Bonchev–Trinajstić information content (AvgIpc) is 2.77. The summed E-state index contributed by atoms with van der Waals surface area (Å²) >= 11 is 12.4. The lowest BCUT2D eigenvalue weighted by Gasteiger charge is -2.41. The second kappa shape index (κ2) is 10.7. The zero-order valence-electron chi connectivity index (χ0n) is 17.4. The maximum atomic E-state index is 14.0. The van der Waals surface area contributed by atoms with Crippen LogP contribution in [0.2, 0.25) is 0 Å². The van der Waals surface area contributed by atoms with Gasteiger partial charge in [0.25, 0.3) is 10.5 Å². The lowest BCUT2D eigenvalue weighted by atomic mass is 9.91. The second-order valence-electron chi connectivity index (χ2n) is 7.02. The van der Waals surface area contributed by atoms with E-state index in [1.807, 2.05) is 0 Å². The molecule has 0 atom stereocenters. The summed E-state index contributed by atoms with van der Waals surface area (Å²) in [6.07, 6.45) is -7.85. The number of carbonyl (C=O) groups excluding carboxylic acids is 2. The lowest BCUT2D eigenvalue weighted by Crippen LogP contribution is -2.72. The summed E-state index contributed by atoms with van der Waals surface area (Å²) in [5.74, 6) is -56.7. The highest BCUT2D eigenvalue weighted by molar-refractivity contribution is 9.10. The molecule has 23 heteroatoms. The van der Waals surface area contributed by atoms with Crippen molar-refractivity contribution in [2.24, 2.45) is 0 Å². The minimum absolute atomic E-state index is 0.133. The Balaban J connectivity index is 3.76. The molecule has 0 fully saturated rings. The molecule has 0 aromatic heterocycles. The third kappa shape index (κ3) is 5.43. The molecule has 40 heavy (non-hydrogen) atoms. The fourth-order valence-electron chi connectivity index (χ4n) is 2.30. The van der Waals surface area contributed by atoms with Crippen LogP contribution in [0.1, 0.15) is 20.7 Å². The highest BCUT2D eigenvalue weighted by Crippen LogP contribution is 2.63. The van der Waals surface area contributed by atoms with Crippen LogP contribution in [0.5, 0.6) is 5.75 Å². The standard InChI is InChI=1S/C17H2BrCl2F17O3/c18-6-4(9(20)39)1-3(8(19)38)2-5(6)40-10(22)7(21)11(23,24)12(25,26)13(27,28)14(29,30)15(31,32)16(33,34)17(35,36)37/h1-2H. The van der Waals surface area contributed by atoms with Gasteiger partial charge in [0, 0.05) is 5.56 Å². The summed E-state index contributed by atoms with van der Waals surface area (Å²) in [5, 5.41) is -3.16. The summed E-state index contributed by atoms with van der Waals surface area (Å²) in [6, 6.07) is -3.18. The van der Waals surface area contributed by atoms with E-state index in [0.29, 0.717) is 6.07 Å². The first-order valence-corrected chi connectivity index (χ1v) is 10.3. The molecule has 228 valence electrons. The number of hydrogen-bond donors (Lipinski definition) is 0. The molecule has 0 aliphatic rings. The van der Waals surface area contributed by atoms with Gasteiger partial charge in [-0.1, -0.05) is 0 Å². The smallest absolute Gasteiger partial charge is 0.428 e. The summed E-state index contributed by atoms with van der Waals surface area (Å²) in [5.41, 5.74) is -1.92. The molecule has 0 amide bonds. The maximum absolute atomic E-state index is 14.0. The summed E-state index contributed by atoms with van der Waals surface area (Å²) in [6.45, 7) is 0. The van der Waals surface area contributed by atoms with Crippen LogP contribution in [0.15, 0.2) is 28.4 Å². The Bertz CT molecular complexity index is 1230. The van der Waals surface area contributed by atoms with Crippen LogP contribution in [0, 0.1) is 0 Å². The van der Waals surface area contributed by atoms with Gasteiger partial charge in [-0.3, -0.25) is 9.59 Å². The molecule has 0 bridgehead atoms. The molecule has 0 N–H and O–H groups in total. The molecule has 1 rings (SSSR count). The van der Waals surface area contributed by atoms with E-state index in [1.165, 1.54) is 0 Å². The first-order valence-electron chi connectivity index (χ1n) is 8.75. The highest BCUT2D eigenvalue weighted by Gasteiger charge is 2.93. The zero-order chi connectivity index (χ0) is 32.2. The van der Waals surface area contributed by atoms with E-state index in [0.717, 1.165) is 0 Å². The van der Waals surface area contributed by atoms with Crippen molar-refractivity contribution in [2.45, 2.75) is 41.7 Å². The van der Waals surface area contributed by atoms with Crippen LogP contribution in [-0.4, -0.2) is 52.2 Å². The molecule has 0 aliphatic heterocycles. The van der Waals surface area contributed by atoms with Crippen LogP contribution in [0.4, 0.5) is 74.6 Å². The minimum Gasteiger partial charge on any atom is -0.428 e. The van der Waals surface area contributed by atoms with Gasteiger partial charge < -0.3 is 4.74 Å². The molecule has 0 heterocycles. The predicted molar refractivity (Wildman–Crippen MR) is 100 cm³/mol. The van der Waals surface area contributed by atoms with Crippen molar-refractivity contribution in [2.75, 3.05) is 0 Å². The van der Waals surface area contributed by atoms with Crippen LogP contribution < -0.4 is 4.74 Å². The fraction of sp³-hybridized carbons (Fsp3) is 0.412. The first-order chi connectivity index (χ1) is 17.4. The minimum atomic E-state index is -8.74. The maximum Gasteiger partial charge on any atom is 0.460 e. The summed E-state index contributed by atoms with van der Waals surface area (Å²) < 4.78 is 228. The quantitative estimate of drug-likeness (QED) is 0.137. The molecule has 0 unspecified atom stereocenters. The van der Waals surface area contributed by atoms with Crippen molar-refractivity contribution in [1.82, 2.24) is 0 Å². The van der Waals surface area contributed by atoms with Crippen LogP contribution in [-0.2, 0) is 0 Å². The van der Waals surface area contributed by atoms with Crippen molar-refractivity contribution in [3.05, 3.63) is 39.6 Å². The van der Waals surface area contributed by atoms with E-state index in [4.69, 9.17) is 23.2 Å². The Morgan fingerprint density at radius 3 is 1.43 bits per heavy atom. The molecular formula is C17H2BrCl2F17O3. The molecule has 1 aromatic rings. The van der Waals surface area contributed by atoms with Crippen molar-refractivity contribution >= 4 is 49.6 Å². The van der Waals surface area contributed by atoms with Crippen molar-refractivity contribution < 1.29 is 89.0 Å². The van der Waals surface area contributed by atoms with Crippen molar-refractivity contribution in [1.29, 1.82) is 0 Å². The summed E-state index contributed by atoms with van der Waals surface area (Å²) in [4.78, 5) is 22.5. The molecule has 0 aliphatic carbocycles. The third-order valence-electron chi connectivity index (χ3n) is 4.45. The van der Waals surface area contributed by atoms with Gasteiger partial charge in [-0.2, -0.15) is 74.6 Å². The van der Waals surface area contributed by atoms with E-state index in [-0.39, 0.29) is 6.07 Å². The van der Waals surface area contributed by atoms with Gasteiger partial charge in [-0.15, -0.1) is 0 Å². The Hall–Kier alpha value is -2.03. The summed E-state index contributed by atoms with van der Waals surface area (Å²) in [7, 11) is 0. The number of hydrogen-bond acceptors (Lipinski definition) is 3. The van der Waals surface area contributed by atoms with E-state index in [2.05, 4.69) is 20.7 Å². The molecule has 0 spiro atoms. The van der Waals surface area contributed by atoms with Gasteiger partial charge in [0.2, 0.25) is 5.83 Å². The van der Waals surface area contributed by atoms with Gasteiger partial charge in [-0.05, 0) is 51.3 Å². The highest BCUT2D eigenvalue weighted by atomic mass is 79.9. The Morgan fingerprint density at radius 2 is 1.05 bits per heavy atom. The normalized spacial score (nSPS) is 15.1. The van der Waals surface area contributed by atoms with E-state index in [1.54, 1.807) is 0 Å². The van der Waals surface area contributed by atoms with Gasteiger partial charge in [-0.25, -0.2) is 0 Å². The fourth-order valence-corrected chi connectivity index (χ4v) is 3.16. The predicted octanol–water partition coefficient (Wildman–Crippen LogP) is 9.07. The average molecular weight is 728 g/mol. The largest absolute Gasteiger partial charge is 0.460 e. The number of rotatable bonds is 10. The Kier molecular flexibility index (Phi) is 9.60. The van der Waals surface area contributed by atoms with Gasteiger partial charge in [0.15, 0.2) is 0 Å². The van der Waals surface area contributed by atoms with Crippen molar-refractivity contribution in [3.63, 3.8) is 0 Å². The van der Waals surface area contributed by atoms with Gasteiger partial charge in [0.05, 0.1) is 10.0 Å². The number of benzene rings is 1. The Morgan fingerprint density at radius 1 is 0.650 bits per heavy atom. The molecule has 0 radical (unpaired) electrons. The molecule has 1 aromatic carbocycles. The third-order valence-corrected chi connectivity index (χ3v) is 5.69. The van der Waals surface area contributed by atoms with E-state index >= 15 is 0 Å². The SMILES string of the molecule is O=C(Cl)c1cc(OC(F)=C(F)C(F)(F)C(F)(F)C(F)(F)C(F)(F)C(F)(F)C(F)(F)C(F)(F)F)c(Br)c(C(=O)Cl)c1. The van der Waals surface area contributed by atoms with E-state index in [9.17, 15) is 84.2 Å². The van der Waals surface area contributed by atoms with Gasteiger partial charge >= 0.3 is 47.7 Å². The number of ether oxygens (including phenoxy) is 1. The number of alkyl halides is 15. The molecule has 0 saturated heterocycles. The number of allylic oxidation sites excluding steroid dienone is 1. The number of carbonyl (C=O) groups is 2. The topological polar surface area (TPSA) is 43.4 Å². The van der Waals surface area contributed by atoms with Gasteiger partial charge in [0.1, 0.15) is 5.75 Å². The monoisotopic (exact) mass is 726 g/mol. The number of halogens is 20. The van der Waals surface area contributed by atoms with E-state index < -0.39 is 85.4 Å². The van der Waals surface area contributed by atoms with Crippen molar-refractivity contribution in [3.8, 4) is 5.75 Å². The van der Waals surface area contributed by atoms with Crippen LogP contribution >= 0.6 is 39.1 Å². The van der Waals surface area contributed by atoms with Crippen LogP contribution in [0.3, 0.4) is 0 Å². The molecular weight excluding hydrogens is 726 g/mol. The second-order valence-corrected chi connectivity index (χ2v) is 8.50. The molecule has 0 saturated carbocycles. The molecule has 3 nitrogen and oxygen atoms in total. The first kappa shape index (κ1) is 36.0. The zero-order valence-corrected chi connectivity index (χ0v) is 20.5. The Labute approximate surface area is 225 Å².